The Morgan fingerprint density at radius 3 is 2.05 bits per heavy atom. The summed E-state index contributed by atoms with van der Waals surface area (Å²) in [6, 6.07) is 0. The van der Waals surface area contributed by atoms with Crippen molar-refractivity contribution >= 4 is 47.6 Å². The van der Waals surface area contributed by atoms with Crippen LogP contribution in [0, 0.1) is 63.2 Å². The number of hydrogen-bond acceptors (Lipinski definition) is 6. The number of Topliss-reactive ketones (excluding diaryl/α,β-unsaturated/α-hetero) is 1. The van der Waals surface area contributed by atoms with Gasteiger partial charge in [0.25, 0.3) is 0 Å². The largest absolute Gasteiger partial charge is 0.468 e. The van der Waals surface area contributed by atoms with Crippen LogP contribution in [0.25, 0.3) is 29.9 Å². The number of allylic oxidation sites excluding steroid dienone is 3. The molecule has 9 nitrogen and oxygen atoms in total. The zero-order valence-electron chi connectivity index (χ0n) is 40.1. The Labute approximate surface area is 376 Å². The summed E-state index contributed by atoms with van der Waals surface area (Å²) in [6.07, 6.45) is 22.2. The van der Waals surface area contributed by atoms with Gasteiger partial charge in [0, 0.05) is 74.1 Å². The lowest BCUT2D eigenvalue weighted by Gasteiger charge is -2.19. The molecule has 0 saturated carbocycles. The van der Waals surface area contributed by atoms with Gasteiger partial charge in [0.2, 0.25) is 0 Å². The van der Waals surface area contributed by atoms with E-state index in [2.05, 4.69) is 101 Å². The van der Waals surface area contributed by atoms with Gasteiger partial charge in [-0.25, -0.2) is 0 Å². The molecule has 0 aromatic carbocycles. The van der Waals surface area contributed by atoms with Gasteiger partial charge in [-0.15, -0.1) is 0 Å². The number of ether oxygens (including phenoxy) is 2. The lowest BCUT2D eigenvalue weighted by Crippen LogP contribution is -2.25. The molecular weight excluding hydrogens is 785 g/mol. The van der Waals surface area contributed by atoms with Gasteiger partial charge in [-0.1, -0.05) is 97.8 Å². The van der Waals surface area contributed by atoms with Crippen molar-refractivity contribution in [2.45, 2.75) is 140 Å². The van der Waals surface area contributed by atoms with Gasteiger partial charge in [-0.05, 0) is 118 Å². The number of aromatic nitrogens is 3. The number of carbonyl (C=O) groups excluding carboxylic acids is 3. The molecule has 0 radical (unpaired) electrons. The van der Waals surface area contributed by atoms with Gasteiger partial charge in [0.15, 0.2) is 5.78 Å². The topological polar surface area (TPSA) is 129 Å². The van der Waals surface area contributed by atoms with Gasteiger partial charge in [-0.3, -0.25) is 14.4 Å². The minimum Gasteiger partial charge on any atom is -0.468 e. The minimum absolute atomic E-state index is 0.0871. The van der Waals surface area contributed by atoms with Gasteiger partial charge >= 0.3 is 11.9 Å². The number of rotatable bonds is 19. The Bertz CT molecular complexity index is 2430. The maximum Gasteiger partial charge on any atom is 0.321 e. The Morgan fingerprint density at radius 2 is 1.41 bits per heavy atom. The van der Waals surface area contributed by atoms with E-state index in [9.17, 15) is 14.4 Å². The van der Waals surface area contributed by atoms with E-state index in [1.54, 1.807) is 0 Å². The summed E-state index contributed by atoms with van der Waals surface area (Å²) >= 11 is 0. The summed E-state index contributed by atoms with van der Waals surface area (Å²) in [5.41, 5.74) is 12.3. The van der Waals surface area contributed by atoms with E-state index in [0.29, 0.717) is 23.3 Å². The van der Waals surface area contributed by atoms with Crippen molar-refractivity contribution in [3.05, 3.63) is 96.5 Å². The van der Waals surface area contributed by atoms with Crippen LogP contribution in [0.1, 0.15) is 173 Å². The van der Waals surface area contributed by atoms with E-state index in [1.807, 2.05) is 25.2 Å². The Kier molecular flexibility index (Phi) is 15.5. The fraction of sp³-hybridized carbons (Fsp3) is 0.537. The van der Waals surface area contributed by atoms with Crippen LogP contribution in [-0.2, 0) is 19.1 Å². The summed E-state index contributed by atoms with van der Waals surface area (Å²) < 4.78 is 11.1. The number of ketones is 1. The van der Waals surface area contributed by atoms with Crippen LogP contribution in [0.4, 0.5) is 0 Å². The predicted octanol–water partition coefficient (Wildman–Crippen LogP) is 10.8. The fourth-order valence-electron chi connectivity index (χ4n) is 10.1. The first-order valence-electron chi connectivity index (χ1n) is 23.7. The molecular formula is C54H74N4O5. The van der Waals surface area contributed by atoms with Gasteiger partial charge in [0.05, 0.1) is 12.8 Å². The number of aromatic amines is 3. The highest BCUT2D eigenvalue weighted by Crippen LogP contribution is 2.48. The average molecular weight is 859 g/mol. The van der Waals surface area contributed by atoms with Gasteiger partial charge in [-0.2, -0.15) is 0 Å². The first kappa shape index (κ1) is 47.4. The monoisotopic (exact) mass is 859 g/mol. The molecule has 5 heterocycles. The first-order chi connectivity index (χ1) is 30.0. The molecule has 3 aromatic heterocycles. The molecule has 1 saturated heterocycles. The molecule has 1 aliphatic carbocycles. The van der Waals surface area contributed by atoms with Crippen LogP contribution >= 0.6 is 0 Å². The van der Waals surface area contributed by atoms with E-state index in [-0.39, 0.29) is 36.6 Å². The van der Waals surface area contributed by atoms with Crippen LogP contribution in [0.5, 0.6) is 0 Å². The number of hydrogen-bond donors (Lipinski definition) is 4. The van der Waals surface area contributed by atoms with E-state index in [0.717, 1.165) is 97.6 Å². The zero-order chi connectivity index (χ0) is 45.7. The van der Waals surface area contributed by atoms with Crippen LogP contribution in [0.3, 0.4) is 0 Å². The van der Waals surface area contributed by atoms with Crippen molar-refractivity contribution in [1.82, 2.24) is 20.3 Å². The molecule has 8 bridgehead atoms. The third-order valence-electron chi connectivity index (χ3n) is 14.4. The number of H-pyrrole nitrogens is 3. The second-order valence-corrected chi connectivity index (χ2v) is 19.5. The average Bonchev–Trinajstić information content (AvgIpc) is 3.97. The molecule has 0 amide bonds. The SMILES string of the molecule is C=Cc1c2[nH]c(c1C)/C=C1\N/C(=C3\c4[nH]c(c(C)c4C(=O)[C@@H]3C(=O)OC)/C=c3\[nH]/c(c(C)c3C)=C\2)[C@@H](CCC(=O)OC/C=C(\C)CCC[C@H](C)CCC[C@H](C)CCCC(C)C)[C@@H]1C. The second kappa shape index (κ2) is 20.6. The lowest BCUT2D eigenvalue weighted by molar-refractivity contribution is -0.143. The summed E-state index contributed by atoms with van der Waals surface area (Å²) in [7, 11) is 1.32. The minimum atomic E-state index is -1.14. The van der Waals surface area contributed by atoms with Crippen molar-refractivity contribution in [2.75, 3.05) is 13.7 Å². The third kappa shape index (κ3) is 10.5. The summed E-state index contributed by atoms with van der Waals surface area (Å²) in [6.45, 7) is 26.3. The molecule has 0 spiro atoms. The molecule has 6 rings (SSSR count). The predicted molar refractivity (Wildman–Crippen MR) is 257 cm³/mol. The molecule has 9 heteroatoms. The number of methoxy groups -OCH3 is 1. The summed E-state index contributed by atoms with van der Waals surface area (Å²) in [5.74, 6) is -0.280. The Morgan fingerprint density at radius 1 is 0.794 bits per heavy atom. The van der Waals surface area contributed by atoms with Crippen LogP contribution < -0.4 is 16.0 Å². The zero-order valence-corrected chi connectivity index (χ0v) is 40.1. The molecule has 3 aliphatic rings. The van der Waals surface area contributed by atoms with Crippen LogP contribution in [0.15, 0.2) is 29.6 Å². The summed E-state index contributed by atoms with van der Waals surface area (Å²) in [5, 5.41) is 5.60. The molecule has 340 valence electrons. The van der Waals surface area contributed by atoms with Gasteiger partial charge < -0.3 is 29.7 Å². The lowest BCUT2D eigenvalue weighted by atomic mass is 9.85. The van der Waals surface area contributed by atoms with E-state index < -0.39 is 11.9 Å². The van der Waals surface area contributed by atoms with E-state index in [4.69, 9.17) is 9.47 Å². The molecule has 4 N–H and O–H groups in total. The number of fused-ring (bicyclic) bond motifs is 7. The Balaban J connectivity index is 1.20. The number of carbonyl (C=O) groups is 3. The quantitative estimate of drug-likeness (QED) is 0.0540. The Hall–Kier alpha value is -5.05. The standard InChI is InChI=1S/C54H74N4O5/c1-13-39-36(9)43-28-44-37(10)40(23-24-47(59)63-26-25-33(6)22-16-21-32(5)20-15-19-31(4)18-14-17-30(2)3)51(57-44)49-50(54(61)62-12)53(60)48-38(11)45(58-52(48)49)27-41-34(7)35(8)42(55-41)29-46(39)56-43/h13,25,27-32,37,40,50,55-58H,1,14-24,26H2,2-12H3/b33-25+,41-27-,42-29-,44-28-,51-49-/t31-,32-,37+,40+,50-/m1/s1. The summed E-state index contributed by atoms with van der Waals surface area (Å²) in [4.78, 5) is 52.2. The number of esters is 2. The highest BCUT2D eigenvalue weighted by atomic mass is 16.5. The highest BCUT2D eigenvalue weighted by Gasteiger charge is 2.48. The first-order valence-corrected chi connectivity index (χ1v) is 23.7. The van der Waals surface area contributed by atoms with Crippen molar-refractivity contribution < 1.29 is 23.9 Å². The second-order valence-electron chi connectivity index (χ2n) is 19.5. The molecule has 63 heavy (non-hydrogen) atoms. The molecule has 5 atom stereocenters. The maximum atomic E-state index is 14.4. The molecule has 0 unspecified atom stereocenters. The van der Waals surface area contributed by atoms with Crippen molar-refractivity contribution in [1.29, 1.82) is 0 Å². The van der Waals surface area contributed by atoms with Gasteiger partial charge in [0.1, 0.15) is 12.5 Å². The third-order valence-corrected chi connectivity index (χ3v) is 14.4. The normalized spacial score (nSPS) is 22.2. The van der Waals surface area contributed by atoms with E-state index >= 15 is 0 Å². The fourth-order valence-corrected chi connectivity index (χ4v) is 10.1. The van der Waals surface area contributed by atoms with Crippen LogP contribution in [0.2, 0.25) is 0 Å². The molecule has 1 fully saturated rings. The van der Waals surface area contributed by atoms with E-state index in [1.165, 1.54) is 57.6 Å². The van der Waals surface area contributed by atoms with Crippen molar-refractivity contribution in [2.24, 2.45) is 35.5 Å². The smallest absolute Gasteiger partial charge is 0.321 e. The number of nitrogens with one attached hydrogen (secondary N) is 4. The van der Waals surface area contributed by atoms with Crippen LogP contribution in [-0.4, -0.2) is 46.4 Å². The molecule has 2 aliphatic heterocycles. The molecule has 3 aromatic rings. The van der Waals surface area contributed by atoms with Crippen molar-refractivity contribution in [3.8, 4) is 0 Å². The van der Waals surface area contributed by atoms with Crippen molar-refractivity contribution in [3.63, 3.8) is 0 Å². The maximum absolute atomic E-state index is 14.4. The highest BCUT2D eigenvalue weighted by molar-refractivity contribution is 6.24.